The summed E-state index contributed by atoms with van der Waals surface area (Å²) in [5, 5.41) is 10.8. The highest BCUT2D eigenvalue weighted by Crippen LogP contribution is 2.25. The van der Waals surface area contributed by atoms with Crippen LogP contribution < -0.4 is 16.0 Å². The molecule has 0 radical (unpaired) electrons. The van der Waals surface area contributed by atoms with Crippen LogP contribution in [0.5, 0.6) is 0 Å². The normalized spacial score (nSPS) is 37.7. The van der Waals surface area contributed by atoms with Gasteiger partial charge in [-0.05, 0) is 62.8 Å². The molecule has 0 amide bonds. The van der Waals surface area contributed by atoms with Gasteiger partial charge in [-0.2, -0.15) is 0 Å². The molecule has 1 aliphatic heterocycles. The van der Waals surface area contributed by atoms with Gasteiger partial charge in [0.25, 0.3) is 0 Å². The molecule has 118 valence electrons. The van der Waals surface area contributed by atoms with E-state index in [1.807, 2.05) is 24.6 Å². The Morgan fingerprint density at radius 1 is 0.952 bits per heavy atom. The van der Waals surface area contributed by atoms with Crippen LogP contribution in [0.3, 0.4) is 0 Å². The molecule has 0 aromatic carbocycles. The first-order valence-electron chi connectivity index (χ1n) is 8.59. The van der Waals surface area contributed by atoms with Gasteiger partial charge in [-0.25, -0.2) is 0 Å². The lowest BCUT2D eigenvalue weighted by atomic mass is 9.93. The van der Waals surface area contributed by atoms with Crippen molar-refractivity contribution in [1.29, 1.82) is 0 Å². The maximum Gasteiger partial charge on any atom is 0.0993 e. The Morgan fingerprint density at radius 2 is 1.90 bits per heavy atom. The molecule has 0 aromatic rings. The van der Waals surface area contributed by atoms with E-state index in [2.05, 4.69) is 16.0 Å². The van der Waals surface area contributed by atoms with Gasteiger partial charge in [-0.3, -0.25) is 0 Å². The molecule has 4 unspecified atom stereocenters. The first-order valence-corrected chi connectivity index (χ1v) is 8.59. The molecule has 2 fully saturated rings. The zero-order valence-electron chi connectivity index (χ0n) is 12.9. The largest absolute Gasteiger partial charge is 0.498 e. The third-order valence-electron chi connectivity index (χ3n) is 5.09. The van der Waals surface area contributed by atoms with Crippen LogP contribution in [0.4, 0.5) is 0 Å². The van der Waals surface area contributed by atoms with Crippen LogP contribution in [0.2, 0.25) is 0 Å². The second-order valence-corrected chi connectivity index (χ2v) is 6.60. The molecule has 4 atom stereocenters. The van der Waals surface area contributed by atoms with Gasteiger partial charge < -0.3 is 20.7 Å². The zero-order chi connectivity index (χ0) is 14.3. The fraction of sp³-hybridized carbons (Fsp3) is 0.765. The van der Waals surface area contributed by atoms with Gasteiger partial charge in [0.1, 0.15) is 0 Å². The second-order valence-electron chi connectivity index (χ2n) is 6.60. The summed E-state index contributed by atoms with van der Waals surface area (Å²) in [6, 6.07) is 1.26. The van der Waals surface area contributed by atoms with Crippen molar-refractivity contribution in [3.63, 3.8) is 0 Å². The van der Waals surface area contributed by atoms with Crippen LogP contribution >= 0.6 is 0 Å². The van der Waals surface area contributed by atoms with Crippen molar-refractivity contribution in [2.75, 3.05) is 13.2 Å². The zero-order valence-corrected chi connectivity index (χ0v) is 12.9. The van der Waals surface area contributed by atoms with Gasteiger partial charge in [0.05, 0.1) is 12.4 Å². The van der Waals surface area contributed by atoms with Gasteiger partial charge >= 0.3 is 0 Å². The molecule has 21 heavy (non-hydrogen) atoms. The van der Waals surface area contributed by atoms with E-state index in [1.165, 1.54) is 38.5 Å². The Labute approximate surface area is 128 Å². The molecule has 3 rings (SSSR count). The number of rotatable bonds is 0. The molecule has 3 N–H and O–H groups in total. The first-order chi connectivity index (χ1) is 10.4. The predicted molar refractivity (Wildman–Crippen MR) is 85.7 cm³/mol. The van der Waals surface area contributed by atoms with Crippen molar-refractivity contribution in [1.82, 2.24) is 16.0 Å². The standard InChI is InChI=1S/C17H29N3O/c1-2-10-21-16-7-4-6-15(11-16)19-13-20-17-8-3-5-14(17)12-18-9-1/h1-2,9-10,14-20H,3-8,11-13H2. The molecule has 4 nitrogen and oxygen atoms in total. The van der Waals surface area contributed by atoms with Gasteiger partial charge in [0.2, 0.25) is 0 Å². The third kappa shape index (κ3) is 4.48. The average Bonchev–Trinajstić information content (AvgIpc) is 2.93. The Kier molecular flexibility index (Phi) is 5.58. The highest BCUT2D eigenvalue weighted by atomic mass is 16.5. The number of hydrogen-bond acceptors (Lipinski definition) is 4. The van der Waals surface area contributed by atoms with Crippen molar-refractivity contribution >= 4 is 0 Å². The Hall–Kier alpha value is -1.00. The van der Waals surface area contributed by atoms with E-state index in [4.69, 9.17) is 4.74 Å². The van der Waals surface area contributed by atoms with Crippen LogP contribution in [-0.2, 0) is 4.74 Å². The Balaban J connectivity index is 1.58. The minimum absolute atomic E-state index is 0.373. The maximum absolute atomic E-state index is 5.84. The molecule has 2 aliphatic carbocycles. The molecule has 1 heterocycles. The topological polar surface area (TPSA) is 45.3 Å². The molecular formula is C17H29N3O. The lowest BCUT2D eigenvalue weighted by molar-refractivity contribution is 0.0901. The summed E-state index contributed by atoms with van der Waals surface area (Å²) in [7, 11) is 0. The summed E-state index contributed by atoms with van der Waals surface area (Å²) >= 11 is 0. The van der Waals surface area contributed by atoms with E-state index in [0.717, 1.165) is 25.6 Å². The molecule has 3 aliphatic rings. The summed E-state index contributed by atoms with van der Waals surface area (Å²) < 4.78 is 5.84. The van der Waals surface area contributed by atoms with Crippen molar-refractivity contribution in [3.8, 4) is 0 Å². The van der Waals surface area contributed by atoms with E-state index in [0.29, 0.717) is 18.2 Å². The lowest BCUT2D eigenvalue weighted by Gasteiger charge is -2.30. The highest BCUT2D eigenvalue weighted by Gasteiger charge is 2.27. The molecule has 0 spiro atoms. The second kappa shape index (κ2) is 7.85. The minimum Gasteiger partial charge on any atom is -0.498 e. The summed E-state index contributed by atoms with van der Waals surface area (Å²) in [6.07, 6.45) is 17.1. The van der Waals surface area contributed by atoms with E-state index in [1.54, 1.807) is 0 Å². The molecule has 2 saturated carbocycles. The number of nitrogens with one attached hydrogen (secondary N) is 3. The van der Waals surface area contributed by atoms with Gasteiger partial charge in [-0.1, -0.05) is 6.42 Å². The molecule has 0 aromatic heterocycles. The Bertz CT molecular complexity index is 369. The van der Waals surface area contributed by atoms with Crippen molar-refractivity contribution in [3.05, 3.63) is 24.6 Å². The molecular weight excluding hydrogens is 262 g/mol. The molecule has 4 heteroatoms. The monoisotopic (exact) mass is 291 g/mol. The Morgan fingerprint density at radius 3 is 2.90 bits per heavy atom. The number of allylic oxidation sites excluding steroid dienone is 2. The van der Waals surface area contributed by atoms with E-state index >= 15 is 0 Å². The van der Waals surface area contributed by atoms with E-state index in [9.17, 15) is 0 Å². The number of ether oxygens (including phenoxy) is 1. The SMILES string of the molecule is C1=CNCC2CCCC2NCNC2CCCC(C2)OC=C1. The lowest BCUT2D eigenvalue weighted by Crippen LogP contribution is -2.46. The van der Waals surface area contributed by atoms with Crippen LogP contribution in [0.25, 0.3) is 0 Å². The molecule has 0 saturated heterocycles. The fourth-order valence-corrected chi connectivity index (χ4v) is 3.88. The highest BCUT2D eigenvalue weighted by molar-refractivity contribution is 5.00. The van der Waals surface area contributed by atoms with Gasteiger partial charge in [0, 0.05) is 25.3 Å². The summed E-state index contributed by atoms with van der Waals surface area (Å²) in [5.74, 6) is 0.751. The van der Waals surface area contributed by atoms with Gasteiger partial charge in [-0.15, -0.1) is 0 Å². The maximum atomic E-state index is 5.84. The quantitative estimate of drug-likeness (QED) is 0.640. The summed E-state index contributed by atoms with van der Waals surface area (Å²) in [5.41, 5.74) is 0. The minimum atomic E-state index is 0.373. The van der Waals surface area contributed by atoms with Crippen LogP contribution in [-0.4, -0.2) is 31.4 Å². The first kappa shape index (κ1) is 14.9. The predicted octanol–water partition coefficient (Wildman–Crippen LogP) is 2.25. The fourth-order valence-electron chi connectivity index (χ4n) is 3.88. The van der Waals surface area contributed by atoms with Gasteiger partial charge in [0.15, 0.2) is 0 Å². The van der Waals surface area contributed by atoms with Crippen LogP contribution in [0.15, 0.2) is 24.6 Å². The molecule has 2 bridgehead atoms. The van der Waals surface area contributed by atoms with E-state index < -0.39 is 0 Å². The average molecular weight is 291 g/mol. The third-order valence-corrected chi connectivity index (χ3v) is 5.09. The smallest absolute Gasteiger partial charge is 0.0993 e. The summed E-state index contributed by atoms with van der Waals surface area (Å²) in [4.78, 5) is 0. The van der Waals surface area contributed by atoms with E-state index in [-0.39, 0.29) is 0 Å². The van der Waals surface area contributed by atoms with Crippen LogP contribution in [0, 0.1) is 5.92 Å². The summed E-state index contributed by atoms with van der Waals surface area (Å²) in [6.45, 7) is 2.00. The van der Waals surface area contributed by atoms with Crippen molar-refractivity contribution in [2.45, 2.75) is 63.1 Å². The van der Waals surface area contributed by atoms with Crippen LogP contribution in [0.1, 0.15) is 44.9 Å². The number of hydrogen-bond donors (Lipinski definition) is 3. The van der Waals surface area contributed by atoms with Crippen molar-refractivity contribution in [2.24, 2.45) is 5.92 Å². The number of fused-ring (bicyclic) bond motifs is 3. The van der Waals surface area contributed by atoms with Crippen molar-refractivity contribution < 1.29 is 4.74 Å².